The van der Waals surface area contributed by atoms with Crippen LogP contribution in [0.25, 0.3) is 6.08 Å². The van der Waals surface area contributed by atoms with Crippen molar-refractivity contribution in [3.63, 3.8) is 0 Å². The number of esters is 1. The highest BCUT2D eigenvalue weighted by atomic mass is 32.2. The number of carbonyl (C=O) groups is 2. The summed E-state index contributed by atoms with van der Waals surface area (Å²) >= 11 is 6.50. The van der Waals surface area contributed by atoms with Crippen LogP contribution in [0.4, 0.5) is 0 Å². The molecule has 2 aromatic rings. The first kappa shape index (κ1) is 22.8. The highest BCUT2D eigenvalue weighted by Crippen LogP contribution is 2.34. The Morgan fingerprint density at radius 3 is 2.61 bits per heavy atom. The molecule has 8 heteroatoms. The lowest BCUT2D eigenvalue weighted by Gasteiger charge is -2.13. The maximum Gasteiger partial charge on any atom is 0.307 e. The summed E-state index contributed by atoms with van der Waals surface area (Å²) in [5.74, 6) is 0.621. The fourth-order valence-corrected chi connectivity index (χ4v) is 4.27. The minimum atomic E-state index is -0.384. The molecule has 2 aromatic carbocycles. The number of ether oxygens (including phenoxy) is 3. The van der Waals surface area contributed by atoms with Crippen molar-refractivity contribution in [1.82, 2.24) is 4.90 Å². The Labute approximate surface area is 191 Å². The van der Waals surface area contributed by atoms with Gasteiger partial charge in [0.05, 0.1) is 32.2 Å². The normalized spacial score (nSPS) is 14.8. The van der Waals surface area contributed by atoms with Gasteiger partial charge in [0, 0.05) is 13.0 Å². The molecular formula is C23H23NO5S2. The first-order chi connectivity index (χ1) is 15.0. The van der Waals surface area contributed by atoms with Gasteiger partial charge >= 0.3 is 5.97 Å². The van der Waals surface area contributed by atoms with Gasteiger partial charge in [0.25, 0.3) is 5.91 Å². The molecule has 1 aliphatic rings. The van der Waals surface area contributed by atoms with Gasteiger partial charge in [-0.2, -0.15) is 0 Å². The van der Waals surface area contributed by atoms with E-state index in [1.165, 1.54) is 29.3 Å². The molecule has 1 saturated heterocycles. The zero-order valence-electron chi connectivity index (χ0n) is 17.3. The summed E-state index contributed by atoms with van der Waals surface area (Å²) in [4.78, 5) is 25.9. The van der Waals surface area contributed by atoms with Gasteiger partial charge in [0.15, 0.2) is 11.5 Å². The summed E-state index contributed by atoms with van der Waals surface area (Å²) in [5, 5.41) is 0. The van der Waals surface area contributed by atoms with E-state index in [0.717, 1.165) is 12.0 Å². The van der Waals surface area contributed by atoms with Gasteiger partial charge in [-0.1, -0.05) is 60.4 Å². The number of hydrogen-bond acceptors (Lipinski definition) is 7. The minimum Gasteiger partial charge on any atom is -0.493 e. The lowest BCUT2D eigenvalue weighted by molar-refractivity contribution is -0.140. The van der Waals surface area contributed by atoms with E-state index in [4.69, 9.17) is 21.7 Å². The maximum absolute atomic E-state index is 12.7. The average Bonchev–Trinajstić information content (AvgIpc) is 3.05. The van der Waals surface area contributed by atoms with Crippen molar-refractivity contribution in [3.05, 3.63) is 64.6 Å². The van der Waals surface area contributed by atoms with E-state index in [1.54, 1.807) is 13.2 Å². The Morgan fingerprint density at radius 2 is 1.90 bits per heavy atom. The van der Waals surface area contributed by atoms with E-state index in [9.17, 15) is 9.59 Å². The van der Waals surface area contributed by atoms with Crippen LogP contribution >= 0.6 is 24.0 Å². The van der Waals surface area contributed by atoms with Crippen LogP contribution in [0.3, 0.4) is 0 Å². The number of amides is 1. The second-order valence-corrected chi connectivity index (χ2v) is 8.33. The number of methoxy groups -OCH3 is 2. The van der Waals surface area contributed by atoms with E-state index in [1.807, 2.05) is 36.4 Å². The Hall–Kier alpha value is -2.84. The molecular weight excluding hydrogens is 434 g/mol. The molecule has 0 saturated carbocycles. The third-order valence-electron chi connectivity index (χ3n) is 4.62. The summed E-state index contributed by atoms with van der Waals surface area (Å²) in [7, 11) is 2.89. The van der Waals surface area contributed by atoms with Gasteiger partial charge in [-0.3, -0.25) is 14.5 Å². The number of carbonyl (C=O) groups excluding carboxylic acids is 2. The predicted molar refractivity (Wildman–Crippen MR) is 125 cm³/mol. The smallest absolute Gasteiger partial charge is 0.307 e. The third-order valence-corrected chi connectivity index (χ3v) is 6.00. The van der Waals surface area contributed by atoms with Gasteiger partial charge in [-0.05, 0) is 29.3 Å². The lowest BCUT2D eigenvalue weighted by Crippen LogP contribution is -2.30. The molecule has 1 aliphatic heterocycles. The highest BCUT2D eigenvalue weighted by molar-refractivity contribution is 8.26. The summed E-state index contributed by atoms with van der Waals surface area (Å²) in [6, 6.07) is 15.6. The van der Waals surface area contributed by atoms with Crippen LogP contribution in [-0.2, 0) is 20.7 Å². The fraction of sp³-hybridized carbons (Fsp3) is 0.261. The molecule has 1 amide bonds. The van der Waals surface area contributed by atoms with Crippen LogP contribution in [0.5, 0.6) is 11.5 Å². The van der Waals surface area contributed by atoms with E-state index in [-0.39, 0.29) is 24.8 Å². The van der Waals surface area contributed by atoms with Crippen LogP contribution in [0.1, 0.15) is 17.5 Å². The molecule has 0 unspecified atom stereocenters. The Bertz CT molecular complexity index is 991. The molecule has 1 fully saturated rings. The molecule has 0 radical (unpaired) electrons. The Balaban J connectivity index is 1.66. The molecule has 162 valence electrons. The fourth-order valence-electron chi connectivity index (χ4n) is 2.97. The summed E-state index contributed by atoms with van der Waals surface area (Å²) in [6.45, 7) is 0.727. The number of thioether (sulfide) groups is 1. The van der Waals surface area contributed by atoms with Crippen LogP contribution in [0.2, 0.25) is 0 Å². The quantitative estimate of drug-likeness (QED) is 0.319. The van der Waals surface area contributed by atoms with Crippen LogP contribution in [0, 0.1) is 0 Å². The number of benzene rings is 2. The van der Waals surface area contributed by atoms with Crippen molar-refractivity contribution in [3.8, 4) is 11.5 Å². The number of hydrogen-bond donors (Lipinski definition) is 0. The minimum absolute atomic E-state index is 0.0963. The van der Waals surface area contributed by atoms with Crippen molar-refractivity contribution in [2.75, 3.05) is 27.4 Å². The number of thiocarbonyl (C=S) groups is 1. The van der Waals surface area contributed by atoms with E-state index >= 15 is 0 Å². The molecule has 0 N–H and O–H groups in total. The Morgan fingerprint density at radius 1 is 1.13 bits per heavy atom. The van der Waals surface area contributed by atoms with E-state index in [2.05, 4.69) is 16.9 Å². The summed E-state index contributed by atoms with van der Waals surface area (Å²) in [6.07, 6.45) is 2.65. The SMILES string of the molecule is COC(=O)CCN1C(=O)/C(=C/c2ccc(OCCc3ccccc3)c(OC)c2)SC1=S. The molecule has 0 aromatic heterocycles. The summed E-state index contributed by atoms with van der Waals surface area (Å²) < 4.78 is 16.4. The maximum atomic E-state index is 12.7. The second kappa shape index (κ2) is 11.0. The molecule has 0 spiro atoms. The van der Waals surface area contributed by atoms with Gasteiger partial charge in [-0.15, -0.1) is 0 Å². The number of rotatable bonds is 9. The van der Waals surface area contributed by atoms with E-state index < -0.39 is 0 Å². The van der Waals surface area contributed by atoms with Gasteiger partial charge < -0.3 is 14.2 Å². The van der Waals surface area contributed by atoms with Crippen molar-refractivity contribution >= 4 is 46.3 Å². The molecule has 1 heterocycles. The van der Waals surface area contributed by atoms with Crippen LogP contribution in [0.15, 0.2) is 53.4 Å². The first-order valence-electron chi connectivity index (χ1n) is 9.68. The molecule has 6 nitrogen and oxygen atoms in total. The molecule has 31 heavy (non-hydrogen) atoms. The average molecular weight is 458 g/mol. The monoisotopic (exact) mass is 457 g/mol. The van der Waals surface area contributed by atoms with E-state index in [0.29, 0.717) is 27.3 Å². The largest absolute Gasteiger partial charge is 0.493 e. The predicted octanol–water partition coefficient (Wildman–Crippen LogP) is 4.08. The van der Waals surface area contributed by atoms with Gasteiger partial charge in [0.2, 0.25) is 0 Å². The van der Waals surface area contributed by atoms with Crippen LogP contribution in [-0.4, -0.2) is 48.5 Å². The summed E-state index contributed by atoms with van der Waals surface area (Å²) in [5.41, 5.74) is 1.99. The van der Waals surface area contributed by atoms with Crippen molar-refractivity contribution < 1.29 is 23.8 Å². The van der Waals surface area contributed by atoms with Gasteiger partial charge in [-0.25, -0.2) is 0 Å². The third kappa shape index (κ3) is 6.08. The first-order valence-corrected chi connectivity index (χ1v) is 10.9. The molecule has 3 rings (SSSR count). The van der Waals surface area contributed by atoms with Gasteiger partial charge in [0.1, 0.15) is 4.32 Å². The van der Waals surface area contributed by atoms with Crippen molar-refractivity contribution in [2.24, 2.45) is 0 Å². The zero-order valence-corrected chi connectivity index (χ0v) is 19.0. The molecule has 0 atom stereocenters. The zero-order chi connectivity index (χ0) is 22.2. The Kier molecular flexibility index (Phi) is 8.08. The standard InChI is InChI=1S/C23H23NO5S2/c1-27-19-14-17(8-9-18(19)29-13-11-16-6-4-3-5-7-16)15-20-22(26)24(23(30)31-20)12-10-21(25)28-2/h3-9,14-15H,10-13H2,1-2H3/b20-15-. The topological polar surface area (TPSA) is 65.1 Å². The second-order valence-electron chi connectivity index (χ2n) is 6.65. The lowest BCUT2D eigenvalue weighted by atomic mass is 10.1. The highest BCUT2D eigenvalue weighted by Gasteiger charge is 2.32. The van der Waals surface area contributed by atoms with Crippen LogP contribution < -0.4 is 9.47 Å². The number of nitrogens with zero attached hydrogens (tertiary/aromatic N) is 1. The molecule has 0 bridgehead atoms. The van der Waals surface area contributed by atoms with Crippen molar-refractivity contribution in [1.29, 1.82) is 0 Å². The van der Waals surface area contributed by atoms with Crippen molar-refractivity contribution in [2.45, 2.75) is 12.8 Å². The molecule has 0 aliphatic carbocycles.